The van der Waals surface area contributed by atoms with Crippen molar-refractivity contribution in [2.75, 3.05) is 11.1 Å². The van der Waals surface area contributed by atoms with Gasteiger partial charge in [-0.05, 0) is 57.6 Å². The first-order valence-corrected chi connectivity index (χ1v) is 17.7. The molecule has 1 saturated heterocycles. The smallest absolute Gasteiger partial charge is 0.315 e. The van der Waals surface area contributed by atoms with Gasteiger partial charge in [0, 0.05) is 48.3 Å². The number of aliphatic hydroxyl groups excluding tert-OH is 1. The molecule has 6 rings (SSSR count). The van der Waals surface area contributed by atoms with Crippen LogP contribution >= 0.6 is 11.8 Å². The van der Waals surface area contributed by atoms with Crippen LogP contribution in [0.2, 0.25) is 0 Å². The van der Waals surface area contributed by atoms with Gasteiger partial charge >= 0.3 is 6.03 Å². The molecule has 0 spiro atoms. The number of benzene rings is 5. The molecule has 0 bridgehead atoms. The molecule has 3 unspecified atom stereocenters. The summed E-state index contributed by atoms with van der Waals surface area (Å²) in [5.41, 5.74) is 7.68. The highest BCUT2D eigenvalue weighted by Crippen LogP contribution is 2.40. The fraction of sp³-hybridized carbons (Fsp3) is 0.220. The van der Waals surface area contributed by atoms with Crippen molar-refractivity contribution in [3.63, 3.8) is 0 Å². The summed E-state index contributed by atoms with van der Waals surface area (Å²) in [7, 11) is 0. The van der Waals surface area contributed by atoms with Gasteiger partial charge in [-0.3, -0.25) is 4.79 Å². The average molecular weight is 688 g/mol. The van der Waals surface area contributed by atoms with E-state index in [-0.39, 0.29) is 30.8 Å². The molecule has 5 aromatic rings. The molecule has 0 aliphatic carbocycles. The molecular weight excluding hydrogens is 647 g/mol. The number of rotatable bonds is 12. The van der Waals surface area contributed by atoms with Crippen molar-refractivity contribution in [3.05, 3.63) is 155 Å². The first kappa shape index (κ1) is 34.9. The lowest BCUT2D eigenvalue weighted by Crippen LogP contribution is -2.34. The number of nitrogens with one attached hydrogen (secondary N) is 3. The third kappa shape index (κ3) is 9.61. The van der Waals surface area contributed by atoms with Gasteiger partial charge in [0.25, 0.3) is 0 Å². The van der Waals surface area contributed by atoms with Crippen LogP contribution in [0.4, 0.5) is 10.5 Å². The average Bonchev–Trinajstić information content (AvgIpc) is 3.16. The van der Waals surface area contributed by atoms with E-state index < -0.39 is 6.29 Å². The molecule has 1 fully saturated rings. The molecule has 1 heterocycles. The number of ether oxygens (including phenoxy) is 2. The minimum absolute atomic E-state index is 0.00940. The number of anilines is 1. The highest BCUT2D eigenvalue weighted by Gasteiger charge is 2.32. The first-order valence-electron chi connectivity index (χ1n) is 16.7. The Balaban J connectivity index is 1.13. The van der Waals surface area contributed by atoms with Crippen LogP contribution in [0.5, 0.6) is 0 Å². The van der Waals surface area contributed by atoms with Crippen LogP contribution in [-0.2, 0) is 34.0 Å². The minimum Gasteiger partial charge on any atom is -0.392 e. The minimum atomic E-state index is -0.571. The first-order chi connectivity index (χ1) is 24.4. The zero-order valence-electron chi connectivity index (χ0n) is 27.9. The van der Waals surface area contributed by atoms with Crippen LogP contribution in [0.25, 0.3) is 11.1 Å². The van der Waals surface area contributed by atoms with E-state index in [1.165, 1.54) is 6.92 Å². The topological polar surface area (TPSA) is 109 Å². The zero-order valence-corrected chi connectivity index (χ0v) is 28.7. The molecule has 3 amide bonds. The van der Waals surface area contributed by atoms with Crippen molar-refractivity contribution in [2.45, 2.75) is 56.4 Å². The second-order valence-corrected chi connectivity index (χ2v) is 13.3. The molecule has 0 radical (unpaired) electrons. The third-order valence-electron chi connectivity index (χ3n) is 8.47. The summed E-state index contributed by atoms with van der Waals surface area (Å²) >= 11 is 1.70. The second kappa shape index (κ2) is 17.1. The molecule has 3 atom stereocenters. The van der Waals surface area contributed by atoms with Crippen molar-refractivity contribution in [1.29, 1.82) is 0 Å². The fourth-order valence-electron chi connectivity index (χ4n) is 5.84. The molecule has 9 heteroatoms. The molecule has 5 aromatic carbocycles. The molecule has 1 aliphatic heterocycles. The summed E-state index contributed by atoms with van der Waals surface area (Å²) in [6, 6.07) is 41.6. The summed E-state index contributed by atoms with van der Waals surface area (Å²) in [6.07, 6.45) is -0.161. The molecule has 1 aliphatic rings. The van der Waals surface area contributed by atoms with Crippen LogP contribution in [0.1, 0.15) is 53.6 Å². The van der Waals surface area contributed by atoms with Gasteiger partial charge < -0.3 is 30.5 Å². The summed E-state index contributed by atoms with van der Waals surface area (Å²) in [5, 5.41) is 18.3. The summed E-state index contributed by atoms with van der Waals surface area (Å²) in [6.45, 7) is 2.34. The molecule has 4 N–H and O–H groups in total. The summed E-state index contributed by atoms with van der Waals surface area (Å²) in [5.74, 6) is 0.626. The Kier molecular flexibility index (Phi) is 12.0. The number of carbonyl (C=O) groups excluding carboxylic acids is 2. The summed E-state index contributed by atoms with van der Waals surface area (Å²) in [4.78, 5) is 25.0. The van der Waals surface area contributed by atoms with Crippen molar-refractivity contribution in [3.8, 4) is 11.1 Å². The lowest BCUT2D eigenvalue weighted by Gasteiger charge is -2.36. The Morgan fingerprint density at radius 3 is 2.14 bits per heavy atom. The van der Waals surface area contributed by atoms with Gasteiger partial charge in [0.05, 0.1) is 18.8 Å². The Morgan fingerprint density at radius 2 is 1.42 bits per heavy atom. The van der Waals surface area contributed by atoms with E-state index in [1.807, 2.05) is 109 Å². The van der Waals surface area contributed by atoms with Gasteiger partial charge in [0.15, 0.2) is 6.29 Å². The lowest BCUT2D eigenvalue weighted by molar-refractivity contribution is -0.245. The number of thioether (sulfide) groups is 1. The Labute approximate surface area is 297 Å². The van der Waals surface area contributed by atoms with Crippen molar-refractivity contribution in [2.24, 2.45) is 0 Å². The van der Waals surface area contributed by atoms with Crippen LogP contribution in [0, 0.1) is 0 Å². The van der Waals surface area contributed by atoms with E-state index >= 15 is 0 Å². The number of carbonyl (C=O) groups is 2. The van der Waals surface area contributed by atoms with Crippen molar-refractivity contribution >= 4 is 29.4 Å². The van der Waals surface area contributed by atoms with Crippen LogP contribution in [-0.4, -0.2) is 28.9 Å². The molecule has 0 aromatic heterocycles. The third-order valence-corrected chi connectivity index (χ3v) is 9.62. The molecule has 256 valence electrons. The maximum atomic E-state index is 12.5. The monoisotopic (exact) mass is 687 g/mol. The molecule has 8 nitrogen and oxygen atoms in total. The van der Waals surface area contributed by atoms with E-state index in [4.69, 9.17) is 9.47 Å². The van der Waals surface area contributed by atoms with Crippen molar-refractivity contribution in [1.82, 2.24) is 10.6 Å². The Bertz CT molecular complexity index is 1850. The maximum Gasteiger partial charge on any atom is 0.315 e. The highest BCUT2D eigenvalue weighted by atomic mass is 32.2. The number of aliphatic hydroxyl groups is 1. The van der Waals surface area contributed by atoms with Gasteiger partial charge in [0.1, 0.15) is 0 Å². The van der Waals surface area contributed by atoms with Crippen LogP contribution in [0.15, 0.2) is 132 Å². The van der Waals surface area contributed by atoms with Crippen LogP contribution in [0.3, 0.4) is 0 Å². The van der Waals surface area contributed by atoms with Crippen LogP contribution < -0.4 is 16.0 Å². The zero-order chi connectivity index (χ0) is 34.7. The van der Waals surface area contributed by atoms with E-state index in [0.29, 0.717) is 19.5 Å². The predicted octanol–water partition coefficient (Wildman–Crippen LogP) is 8.14. The van der Waals surface area contributed by atoms with E-state index in [2.05, 4.69) is 34.1 Å². The Morgan fingerprint density at radius 1 is 0.740 bits per heavy atom. The number of urea groups is 1. The normalized spacial score (nSPS) is 17.1. The summed E-state index contributed by atoms with van der Waals surface area (Å²) < 4.78 is 13.1. The predicted molar refractivity (Wildman–Crippen MR) is 197 cm³/mol. The maximum absolute atomic E-state index is 12.5. The highest BCUT2D eigenvalue weighted by molar-refractivity contribution is 7.99. The molecule has 0 saturated carbocycles. The van der Waals surface area contributed by atoms with Crippen molar-refractivity contribution < 1.29 is 24.2 Å². The fourth-order valence-corrected chi connectivity index (χ4v) is 6.76. The van der Waals surface area contributed by atoms with E-state index in [0.717, 1.165) is 55.3 Å². The lowest BCUT2D eigenvalue weighted by atomic mass is 9.98. The van der Waals surface area contributed by atoms with Gasteiger partial charge in [-0.15, -0.1) is 11.8 Å². The Hall–Kier alpha value is -4.93. The second-order valence-electron chi connectivity index (χ2n) is 12.2. The van der Waals surface area contributed by atoms with Gasteiger partial charge in [-0.25, -0.2) is 4.79 Å². The van der Waals surface area contributed by atoms with Gasteiger partial charge in [0.2, 0.25) is 5.91 Å². The largest absolute Gasteiger partial charge is 0.392 e. The van der Waals surface area contributed by atoms with E-state index in [9.17, 15) is 14.7 Å². The number of amides is 3. The van der Waals surface area contributed by atoms with Gasteiger partial charge in [-0.1, -0.05) is 103 Å². The number of hydrogen-bond acceptors (Lipinski definition) is 6. The SMILES string of the molecule is CC(=O)Nc1ccc(SCC2CC(c3ccc(CO)cc3)OC(c3ccc(-c4ccccc4CNC(=O)NCc4ccccc4)cc3)O2)cc1. The molecule has 50 heavy (non-hydrogen) atoms. The quantitative estimate of drug-likeness (QED) is 0.0987. The standard InChI is InChI=1S/C41H41N3O5S/c1-28(46)44-35-19-21-37(22-20-35)50-27-36-23-39(32-13-11-30(26-45)12-14-32)49-40(48-36)33-17-15-31(16-18-33)38-10-6-5-9-34(38)25-43-41(47)42-24-29-7-3-2-4-8-29/h2-22,36,39-40,45H,23-27H2,1H3,(H,44,46)(H2,42,43,47). The molecular formula is C41H41N3O5S. The van der Waals surface area contributed by atoms with E-state index in [1.54, 1.807) is 11.8 Å². The number of hydrogen-bond donors (Lipinski definition) is 4. The van der Waals surface area contributed by atoms with Gasteiger partial charge in [-0.2, -0.15) is 0 Å².